The quantitative estimate of drug-likeness (QED) is 0.0754. The molecule has 0 saturated heterocycles. The smallest absolute Gasteiger partial charge is 0.303 e. The molecule has 0 aliphatic heterocycles. The number of unbranched alkanes of at least 4 members (excludes halogenated alkanes) is 4. The number of carboxylic acid groups (broad SMARTS) is 1. The molecule has 0 unspecified atom stereocenters. The molecule has 0 spiro atoms. The Morgan fingerprint density at radius 1 is 0.920 bits per heavy atom. The van der Waals surface area contributed by atoms with Crippen LogP contribution in [0.2, 0.25) is 0 Å². The predicted octanol–water partition coefficient (Wildman–Crippen LogP) is 5.65. The third-order valence-corrected chi connectivity index (χ3v) is 3.46. The zero-order valence-electron chi connectivity index (χ0n) is 15.8. The monoisotopic (exact) mass is 359 g/mol. The van der Waals surface area contributed by atoms with Crippen molar-refractivity contribution in [2.75, 3.05) is 0 Å². The van der Waals surface area contributed by atoms with Crippen molar-refractivity contribution in [1.29, 1.82) is 0 Å². The molecule has 0 rings (SSSR count). The van der Waals surface area contributed by atoms with Crippen molar-refractivity contribution in [3.8, 4) is 0 Å². The topological polar surface area (TPSA) is 66.8 Å². The van der Waals surface area contributed by atoms with Gasteiger partial charge in [-0.15, -0.1) is 0 Å². The van der Waals surface area contributed by atoms with Crippen LogP contribution in [-0.2, 0) is 9.68 Å². The maximum atomic E-state index is 10.4. The summed E-state index contributed by atoms with van der Waals surface area (Å²) >= 11 is 0. The molecule has 0 saturated carbocycles. The molecule has 0 fully saturated rings. The minimum atomic E-state index is -0.839. The van der Waals surface area contributed by atoms with Gasteiger partial charge in [-0.05, 0) is 38.2 Å². The fourth-order valence-electron chi connectivity index (χ4n) is 2.09. The van der Waals surface area contributed by atoms with Crippen LogP contribution in [0.1, 0.15) is 71.1 Å². The van der Waals surface area contributed by atoms with E-state index in [0.29, 0.717) is 25.0 Å². The van der Waals surface area contributed by atoms with Crippen LogP contribution in [0.4, 0.5) is 0 Å². The SMILES string of the molecule is CCCCCCC=CC=CCC=CCC=C(CCCC(=O)O)OO.[Na]. The Kier molecular flexibility index (Phi) is 22.4. The second-order valence-corrected chi connectivity index (χ2v) is 5.66. The van der Waals surface area contributed by atoms with Crippen LogP contribution < -0.4 is 0 Å². The fraction of sp³-hybridized carbons (Fsp3) is 0.550. The van der Waals surface area contributed by atoms with Crippen LogP contribution in [-0.4, -0.2) is 45.9 Å². The first kappa shape index (κ1) is 26.4. The van der Waals surface area contributed by atoms with Crippen molar-refractivity contribution < 1.29 is 20.0 Å². The molecule has 0 aliphatic carbocycles. The first-order chi connectivity index (χ1) is 11.7. The summed E-state index contributed by atoms with van der Waals surface area (Å²) in [6.45, 7) is 2.22. The van der Waals surface area contributed by atoms with E-state index in [0.717, 1.165) is 12.8 Å². The summed E-state index contributed by atoms with van der Waals surface area (Å²) in [6.07, 6.45) is 23.1. The number of aliphatic carboxylic acids is 1. The average molecular weight is 359 g/mol. The van der Waals surface area contributed by atoms with Gasteiger partial charge >= 0.3 is 5.97 Å². The van der Waals surface area contributed by atoms with Crippen molar-refractivity contribution in [2.24, 2.45) is 0 Å². The van der Waals surface area contributed by atoms with Gasteiger partial charge in [0.1, 0.15) is 5.76 Å². The zero-order valence-corrected chi connectivity index (χ0v) is 17.8. The van der Waals surface area contributed by atoms with E-state index in [-0.39, 0.29) is 36.0 Å². The summed E-state index contributed by atoms with van der Waals surface area (Å²) in [5.74, 6) is -0.420. The van der Waals surface area contributed by atoms with Gasteiger partial charge in [-0.1, -0.05) is 62.6 Å². The summed E-state index contributed by atoms with van der Waals surface area (Å²) in [5, 5.41) is 17.3. The van der Waals surface area contributed by atoms with E-state index in [1.807, 2.05) is 12.2 Å². The molecular formula is C20H32NaO4. The van der Waals surface area contributed by atoms with Gasteiger partial charge in [-0.3, -0.25) is 4.79 Å². The molecule has 0 aromatic carbocycles. The summed E-state index contributed by atoms with van der Waals surface area (Å²) in [4.78, 5) is 14.7. The predicted molar refractivity (Wildman–Crippen MR) is 104 cm³/mol. The minimum Gasteiger partial charge on any atom is -0.481 e. The molecule has 0 aromatic rings. The van der Waals surface area contributed by atoms with Gasteiger partial charge in [0, 0.05) is 42.4 Å². The number of allylic oxidation sites excluding steroid dienone is 8. The minimum absolute atomic E-state index is 0. The second kappa shape index (κ2) is 21.2. The van der Waals surface area contributed by atoms with Gasteiger partial charge in [-0.2, -0.15) is 0 Å². The van der Waals surface area contributed by atoms with Gasteiger partial charge in [0.05, 0.1) is 0 Å². The molecule has 137 valence electrons. The van der Waals surface area contributed by atoms with Crippen molar-refractivity contribution in [3.05, 3.63) is 48.3 Å². The molecule has 4 nitrogen and oxygen atoms in total. The van der Waals surface area contributed by atoms with Gasteiger partial charge < -0.3 is 9.99 Å². The van der Waals surface area contributed by atoms with E-state index < -0.39 is 5.97 Å². The number of hydrogen-bond donors (Lipinski definition) is 2. The molecule has 0 atom stereocenters. The van der Waals surface area contributed by atoms with Crippen molar-refractivity contribution in [1.82, 2.24) is 0 Å². The molecule has 0 aliphatic rings. The van der Waals surface area contributed by atoms with Gasteiger partial charge in [0.25, 0.3) is 0 Å². The Hall–Kier alpha value is -0.810. The van der Waals surface area contributed by atoms with Crippen LogP contribution in [0.25, 0.3) is 0 Å². The molecule has 0 aromatic heterocycles. The van der Waals surface area contributed by atoms with Gasteiger partial charge in [-0.25, -0.2) is 5.26 Å². The molecule has 5 heteroatoms. The Morgan fingerprint density at radius 3 is 2.32 bits per heavy atom. The zero-order chi connectivity index (χ0) is 17.9. The number of carboxylic acids is 1. The summed E-state index contributed by atoms with van der Waals surface area (Å²) < 4.78 is 0. The Morgan fingerprint density at radius 2 is 1.64 bits per heavy atom. The van der Waals surface area contributed by atoms with Gasteiger partial charge in [0.2, 0.25) is 0 Å². The summed E-state index contributed by atoms with van der Waals surface area (Å²) in [5.41, 5.74) is 0. The largest absolute Gasteiger partial charge is 0.481 e. The maximum Gasteiger partial charge on any atom is 0.303 e. The third-order valence-electron chi connectivity index (χ3n) is 3.46. The van der Waals surface area contributed by atoms with Gasteiger partial charge in [0.15, 0.2) is 0 Å². The molecule has 0 bridgehead atoms. The third kappa shape index (κ3) is 21.1. The van der Waals surface area contributed by atoms with E-state index in [1.165, 1.54) is 25.7 Å². The van der Waals surface area contributed by atoms with E-state index in [9.17, 15) is 4.79 Å². The van der Waals surface area contributed by atoms with E-state index >= 15 is 0 Å². The van der Waals surface area contributed by atoms with Crippen LogP contribution in [0.15, 0.2) is 48.3 Å². The number of carbonyl (C=O) groups is 1. The van der Waals surface area contributed by atoms with E-state index in [4.69, 9.17) is 10.4 Å². The molecule has 1 radical (unpaired) electrons. The Balaban J connectivity index is 0. The Bertz CT molecular complexity index is 425. The second-order valence-electron chi connectivity index (χ2n) is 5.66. The number of rotatable bonds is 15. The van der Waals surface area contributed by atoms with Crippen molar-refractivity contribution in [3.63, 3.8) is 0 Å². The Labute approximate surface area is 174 Å². The normalized spacial score (nSPS) is 12.2. The number of hydrogen-bond acceptors (Lipinski definition) is 3. The molecule has 0 amide bonds. The van der Waals surface area contributed by atoms with Crippen LogP contribution in [0.3, 0.4) is 0 Å². The average Bonchev–Trinajstić information content (AvgIpc) is 2.57. The standard InChI is InChI=1S/C20H32O4.Na/c1-2-3-4-5-6-7-8-9-10-11-12-13-14-16-19(24-23)17-15-18-20(21)22;/h7-10,12-13,16,23H,2-6,11,14-15,17-18H2,1H3,(H,21,22);. The van der Waals surface area contributed by atoms with E-state index in [2.05, 4.69) is 36.1 Å². The van der Waals surface area contributed by atoms with Crippen LogP contribution in [0, 0.1) is 0 Å². The molecule has 2 N–H and O–H groups in total. The molecule has 25 heavy (non-hydrogen) atoms. The van der Waals surface area contributed by atoms with E-state index in [1.54, 1.807) is 6.08 Å². The first-order valence-corrected chi connectivity index (χ1v) is 8.89. The maximum absolute atomic E-state index is 10.4. The summed E-state index contributed by atoms with van der Waals surface area (Å²) in [7, 11) is 0. The van der Waals surface area contributed by atoms with Crippen molar-refractivity contribution in [2.45, 2.75) is 71.1 Å². The molecule has 0 heterocycles. The van der Waals surface area contributed by atoms with Crippen LogP contribution in [0.5, 0.6) is 0 Å². The van der Waals surface area contributed by atoms with Crippen LogP contribution >= 0.6 is 0 Å². The first-order valence-electron chi connectivity index (χ1n) is 8.89. The molecular weight excluding hydrogens is 327 g/mol. The fourth-order valence-corrected chi connectivity index (χ4v) is 2.09. The van der Waals surface area contributed by atoms with Crippen molar-refractivity contribution >= 4 is 35.5 Å². The summed E-state index contributed by atoms with van der Waals surface area (Å²) in [6, 6.07) is 0.